The Labute approximate surface area is 96.3 Å². The van der Waals surface area contributed by atoms with Crippen LogP contribution in [-0.4, -0.2) is 28.5 Å². The number of carbonyl (C=O) groups is 2. The highest BCUT2D eigenvalue weighted by Crippen LogP contribution is 2.34. The van der Waals surface area contributed by atoms with E-state index in [2.05, 4.69) is 0 Å². The van der Waals surface area contributed by atoms with Crippen molar-refractivity contribution in [2.24, 2.45) is 5.92 Å². The zero-order chi connectivity index (χ0) is 12.5. The van der Waals surface area contributed by atoms with Gasteiger partial charge >= 0.3 is 6.09 Å². The van der Waals surface area contributed by atoms with Crippen molar-refractivity contribution in [3.05, 3.63) is 12.2 Å². The molecule has 1 atom stereocenters. The first-order chi connectivity index (χ1) is 7.31. The molecule has 1 fully saturated rings. The number of rotatable bonds is 2. The highest BCUT2D eigenvalue weighted by molar-refractivity contribution is 6.00. The Bertz CT molecular complexity index is 331. The lowest BCUT2D eigenvalue weighted by Crippen LogP contribution is -2.47. The number of cyclic esters (lactones) is 1. The summed E-state index contributed by atoms with van der Waals surface area (Å²) in [6.45, 7) is 9.36. The standard InChI is InChI=1S/C12H19NO3/c1-6-7-9(14)13-10(8(2)3)12(4,5)16-11(13)15/h6-8,10H,1-5H3/b7-6+/t10-/m0/s1. The van der Waals surface area contributed by atoms with Gasteiger partial charge in [-0.25, -0.2) is 9.69 Å². The minimum atomic E-state index is -0.623. The van der Waals surface area contributed by atoms with Crippen molar-refractivity contribution in [2.45, 2.75) is 46.3 Å². The Hall–Kier alpha value is -1.32. The van der Waals surface area contributed by atoms with Crippen molar-refractivity contribution in [1.82, 2.24) is 4.90 Å². The lowest BCUT2D eigenvalue weighted by molar-refractivity contribution is -0.125. The van der Waals surface area contributed by atoms with Crippen molar-refractivity contribution in [2.75, 3.05) is 0 Å². The molecule has 4 nitrogen and oxygen atoms in total. The van der Waals surface area contributed by atoms with Crippen molar-refractivity contribution in [3.63, 3.8) is 0 Å². The summed E-state index contributed by atoms with van der Waals surface area (Å²) in [5.41, 5.74) is -0.623. The second-order valence-corrected chi connectivity index (χ2v) is 4.87. The number of hydrogen-bond acceptors (Lipinski definition) is 3. The van der Waals surface area contributed by atoms with E-state index in [1.54, 1.807) is 13.0 Å². The summed E-state index contributed by atoms with van der Waals surface area (Å²) in [4.78, 5) is 24.7. The topological polar surface area (TPSA) is 46.6 Å². The summed E-state index contributed by atoms with van der Waals surface area (Å²) < 4.78 is 5.23. The van der Waals surface area contributed by atoms with Gasteiger partial charge < -0.3 is 4.74 Å². The molecule has 2 amide bonds. The van der Waals surface area contributed by atoms with Crippen LogP contribution in [-0.2, 0) is 9.53 Å². The lowest BCUT2D eigenvalue weighted by atomic mass is 9.89. The van der Waals surface area contributed by atoms with Gasteiger partial charge in [-0.05, 0) is 32.8 Å². The summed E-state index contributed by atoms with van der Waals surface area (Å²) in [6, 6.07) is -0.219. The number of imide groups is 1. The molecule has 0 aromatic rings. The van der Waals surface area contributed by atoms with E-state index >= 15 is 0 Å². The molecule has 1 saturated heterocycles. The summed E-state index contributed by atoms with van der Waals surface area (Å²) in [6.07, 6.45) is 2.46. The zero-order valence-electron chi connectivity index (χ0n) is 10.5. The highest BCUT2D eigenvalue weighted by atomic mass is 16.6. The van der Waals surface area contributed by atoms with Crippen molar-refractivity contribution in [3.8, 4) is 0 Å². The summed E-state index contributed by atoms with van der Waals surface area (Å²) >= 11 is 0. The Balaban J connectivity index is 3.06. The van der Waals surface area contributed by atoms with E-state index in [0.717, 1.165) is 0 Å². The molecule has 0 aliphatic carbocycles. The lowest BCUT2D eigenvalue weighted by Gasteiger charge is -2.30. The van der Waals surface area contributed by atoms with E-state index in [9.17, 15) is 9.59 Å². The summed E-state index contributed by atoms with van der Waals surface area (Å²) in [5, 5.41) is 0. The molecule has 1 aliphatic heterocycles. The first kappa shape index (κ1) is 12.7. The average Bonchev–Trinajstić information content (AvgIpc) is 2.35. The molecule has 0 spiro atoms. The first-order valence-corrected chi connectivity index (χ1v) is 5.50. The first-order valence-electron chi connectivity index (χ1n) is 5.50. The van der Waals surface area contributed by atoms with Crippen LogP contribution in [0.15, 0.2) is 12.2 Å². The molecule has 0 aromatic heterocycles. The van der Waals surface area contributed by atoms with Crippen LogP contribution in [0, 0.1) is 5.92 Å². The van der Waals surface area contributed by atoms with E-state index in [1.165, 1.54) is 11.0 Å². The van der Waals surface area contributed by atoms with Crippen LogP contribution >= 0.6 is 0 Å². The number of amides is 2. The predicted molar refractivity (Wildman–Crippen MR) is 60.8 cm³/mol. The van der Waals surface area contributed by atoms with Gasteiger partial charge in [0.15, 0.2) is 0 Å². The average molecular weight is 225 g/mol. The number of ether oxygens (including phenoxy) is 1. The number of allylic oxidation sites excluding steroid dienone is 1. The van der Waals surface area contributed by atoms with Crippen molar-refractivity contribution in [1.29, 1.82) is 0 Å². The van der Waals surface area contributed by atoms with Crippen LogP contribution in [0.5, 0.6) is 0 Å². The van der Waals surface area contributed by atoms with Gasteiger partial charge in [0.1, 0.15) is 5.60 Å². The molecule has 4 heteroatoms. The second kappa shape index (κ2) is 4.28. The normalized spacial score (nSPS) is 24.2. The van der Waals surface area contributed by atoms with Crippen LogP contribution in [0.3, 0.4) is 0 Å². The molecule has 0 bridgehead atoms. The fourth-order valence-electron chi connectivity index (χ4n) is 2.31. The Morgan fingerprint density at radius 1 is 1.50 bits per heavy atom. The molecule has 0 aromatic carbocycles. The Morgan fingerprint density at radius 2 is 2.06 bits per heavy atom. The van der Waals surface area contributed by atoms with Crippen LogP contribution < -0.4 is 0 Å². The van der Waals surface area contributed by atoms with Gasteiger partial charge in [-0.3, -0.25) is 4.79 Å². The van der Waals surface area contributed by atoms with Crippen molar-refractivity contribution < 1.29 is 14.3 Å². The van der Waals surface area contributed by atoms with Crippen LogP contribution in [0.25, 0.3) is 0 Å². The Kier molecular flexibility index (Phi) is 3.41. The highest BCUT2D eigenvalue weighted by Gasteiger charge is 2.51. The number of carbonyl (C=O) groups excluding carboxylic acids is 2. The van der Waals surface area contributed by atoms with E-state index in [0.29, 0.717) is 0 Å². The monoisotopic (exact) mass is 225 g/mol. The van der Waals surface area contributed by atoms with E-state index in [1.807, 2.05) is 27.7 Å². The van der Waals surface area contributed by atoms with E-state index < -0.39 is 11.7 Å². The molecule has 0 radical (unpaired) electrons. The summed E-state index contributed by atoms with van der Waals surface area (Å²) in [7, 11) is 0. The smallest absolute Gasteiger partial charge is 0.417 e. The Morgan fingerprint density at radius 3 is 2.50 bits per heavy atom. The quantitative estimate of drug-likeness (QED) is 0.678. The second-order valence-electron chi connectivity index (χ2n) is 4.87. The maximum Gasteiger partial charge on any atom is 0.417 e. The molecule has 1 heterocycles. The third kappa shape index (κ3) is 2.10. The fourth-order valence-corrected chi connectivity index (χ4v) is 2.31. The molecule has 1 rings (SSSR count). The largest absolute Gasteiger partial charge is 0.441 e. The third-order valence-corrected chi connectivity index (χ3v) is 2.72. The molecular formula is C12H19NO3. The van der Waals surface area contributed by atoms with Gasteiger partial charge in [0.2, 0.25) is 0 Å². The fraction of sp³-hybridized carbons (Fsp3) is 0.667. The van der Waals surface area contributed by atoms with Gasteiger partial charge in [0.25, 0.3) is 5.91 Å². The third-order valence-electron chi connectivity index (χ3n) is 2.72. The SMILES string of the molecule is C/C=C/C(=O)N1C(=O)OC(C)(C)[C@@H]1C(C)C. The predicted octanol–water partition coefficient (Wildman–Crippen LogP) is 2.34. The maximum absolute atomic E-state index is 11.8. The van der Waals surface area contributed by atoms with Gasteiger partial charge in [-0.15, -0.1) is 0 Å². The minimum Gasteiger partial charge on any atom is -0.441 e. The summed E-state index contributed by atoms with van der Waals surface area (Å²) in [5.74, 6) is -0.146. The van der Waals surface area contributed by atoms with E-state index in [-0.39, 0.29) is 17.9 Å². The molecule has 16 heavy (non-hydrogen) atoms. The van der Waals surface area contributed by atoms with Gasteiger partial charge in [0.05, 0.1) is 6.04 Å². The van der Waals surface area contributed by atoms with Crippen LogP contribution in [0.1, 0.15) is 34.6 Å². The maximum atomic E-state index is 11.8. The van der Waals surface area contributed by atoms with Gasteiger partial charge in [0, 0.05) is 0 Å². The molecule has 0 unspecified atom stereocenters. The molecular weight excluding hydrogens is 206 g/mol. The molecule has 90 valence electrons. The number of hydrogen-bond donors (Lipinski definition) is 0. The number of nitrogens with zero attached hydrogens (tertiary/aromatic N) is 1. The van der Waals surface area contributed by atoms with Crippen LogP contribution in [0.2, 0.25) is 0 Å². The van der Waals surface area contributed by atoms with E-state index in [4.69, 9.17) is 4.74 Å². The van der Waals surface area contributed by atoms with Gasteiger partial charge in [-0.2, -0.15) is 0 Å². The van der Waals surface area contributed by atoms with Gasteiger partial charge in [-0.1, -0.05) is 19.9 Å². The molecule has 0 N–H and O–H groups in total. The minimum absolute atomic E-state index is 0.163. The van der Waals surface area contributed by atoms with Crippen LogP contribution in [0.4, 0.5) is 4.79 Å². The molecule has 0 saturated carbocycles. The van der Waals surface area contributed by atoms with Crippen molar-refractivity contribution >= 4 is 12.0 Å². The molecule has 1 aliphatic rings. The zero-order valence-corrected chi connectivity index (χ0v) is 10.5.